The molecule has 2 aromatic carbocycles. The van der Waals surface area contributed by atoms with E-state index in [0.717, 1.165) is 30.5 Å². The maximum Gasteiger partial charge on any atom is 0.435 e. The van der Waals surface area contributed by atoms with Crippen LogP contribution in [0.5, 0.6) is 0 Å². The summed E-state index contributed by atoms with van der Waals surface area (Å²) in [7, 11) is 0. The number of halogens is 8. The van der Waals surface area contributed by atoms with Crippen molar-refractivity contribution in [1.82, 2.24) is 4.98 Å². The topological polar surface area (TPSA) is 42.0 Å². The van der Waals surface area contributed by atoms with Crippen LogP contribution in [0.2, 0.25) is 0 Å². The van der Waals surface area contributed by atoms with Gasteiger partial charge in [-0.05, 0) is 24.3 Å². The van der Waals surface area contributed by atoms with E-state index in [1.807, 2.05) is 0 Å². The maximum absolute atomic E-state index is 14.6. The van der Waals surface area contributed by atoms with Crippen LogP contribution in [0.3, 0.4) is 0 Å². The molecule has 158 valence electrons. The third kappa shape index (κ3) is 3.44. The summed E-state index contributed by atoms with van der Waals surface area (Å²) in [6, 6.07) is 7.50. The van der Waals surface area contributed by atoms with Crippen molar-refractivity contribution in [3.63, 3.8) is 0 Å². The fourth-order valence-electron chi connectivity index (χ4n) is 2.88. The molecule has 1 N–H and O–H groups in total. The van der Waals surface area contributed by atoms with Gasteiger partial charge in [-0.2, -0.15) is 26.3 Å². The lowest BCUT2D eigenvalue weighted by molar-refractivity contribution is -0.348. The van der Waals surface area contributed by atoms with E-state index >= 15 is 0 Å². The zero-order chi connectivity index (χ0) is 22.3. The van der Waals surface area contributed by atoms with E-state index in [-0.39, 0.29) is 11.8 Å². The minimum Gasteiger partial charge on any atom is -0.320 e. The Bertz CT molecular complexity index is 1090. The molecule has 0 unspecified atom stereocenters. The number of carbonyl (C=O) groups is 1. The number of alkyl halides is 7. The second-order valence-electron chi connectivity index (χ2n) is 6.15. The molecule has 0 bridgehead atoms. The van der Waals surface area contributed by atoms with E-state index in [4.69, 9.17) is 0 Å². The number of carbonyl (C=O) groups excluding carboxylic acids is 1. The Morgan fingerprint density at radius 2 is 1.47 bits per heavy atom. The summed E-state index contributed by atoms with van der Waals surface area (Å²) < 4.78 is 107. The summed E-state index contributed by atoms with van der Waals surface area (Å²) in [6.07, 6.45) is -11.6. The molecule has 0 aliphatic rings. The standard InChI is InChI=1S/C19H10F8N2O/c20-13-6-2-1-4-11(13)16(30)29-14-8-7-12(10-5-3-9-28-15(10)14)17(21,18(22,23)24)19(25,26)27/h1-9H,(H,29,30). The normalized spacial score (nSPS) is 12.8. The molecule has 11 heteroatoms. The Balaban J connectivity index is 2.17. The highest BCUT2D eigenvalue weighted by molar-refractivity contribution is 6.08. The molecule has 30 heavy (non-hydrogen) atoms. The first-order valence-corrected chi connectivity index (χ1v) is 8.14. The Labute approximate surface area is 163 Å². The fourth-order valence-corrected chi connectivity index (χ4v) is 2.88. The fraction of sp³-hybridized carbons (Fsp3) is 0.158. The largest absolute Gasteiger partial charge is 0.435 e. The van der Waals surface area contributed by atoms with E-state index in [2.05, 4.69) is 10.3 Å². The summed E-state index contributed by atoms with van der Waals surface area (Å²) in [6.45, 7) is 0. The van der Waals surface area contributed by atoms with E-state index in [1.165, 1.54) is 12.1 Å². The van der Waals surface area contributed by atoms with E-state index < -0.39 is 51.8 Å². The van der Waals surface area contributed by atoms with Crippen LogP contribution in [0.25, 0.3) is 10.9 Å². The summed E-state index contributed by atoms with van der Waals surface area (Å²) >= 11 is 0. The minimum atomic E-state index is -6.31. The summed E-state index contributed by atoms with van der Waals surface area (Å²) in [5.41, 5.74) is -8.68. The van der Waals surface area contributed by atoms with Crippen molar-refractivity contribution in [2.45, 2.75) is 18.0 Å². The smallest absolute Gasteiger partial charge is 0.320 e. The first-order chi connectivity index (χ1) is 13.9. The Hall–Kier alpha value is -3.24. The molecule has 3 nitrogen and oxygen atoms in total. The molecule has 0 atom stereocenters. The number of benzene rings is 2. The predicted octanol–water partition coefficient (Wildman–Crippen LogP) is 5.92. The van der Waals surface area contributed by atoms with Crippen LogP contribution in [-0.4, -0.2) is 23.2 Å². The molecule has 3 rings (SSSR count). The molecule has 0 radical (unpaired) electrons. The molecule has 3 aromatic rings. The molecule has 0 fully saturated rings. The van der Waals surface area contributed by atoms with E-state index in [0.29, 0.717) is 6.07 Å². The van der Waals surface area contributed by atoms with Crippen LogP contribution < -0.4 is 5.32 Å². The Morgan fingerprint density at radius 3 is 2.07 bits per heavy atom. The quantitative estimate of drug-likeness (QED) is 0.521. The van der Waals surface area contributed by atoms with Crippen molar-refractivity contribution in [3.05, 3.63) is 71.7 Å². The van der Waals surface area contributed by atoms with Crippen LogP contribution >= 0.6 is 0 Å². The van der Waals surface area contributed by atoms with Gasteiger partial charge in [0.25, 0.3) is 5.91 Å². The third-order valence-electron chi connectivity index (χ3n) is 4.29. The van der Waals surface area contributed by atoms with Crippen LogP contribution in [0.4, 0.5) is 40.8 Å². The molecule has 1 aromatic heterocycles. The molecular formula is C19H10F8N2O. The van der Waals surface area contributed by atoms with Crippen LogP contribution in [0, 0.1) is 5.82 Å². The molecule has 1 heterocycles. The van der Waals surface area contributed by atoms with Gasteiger partial charge in [-0.15, -0.1) is 0 Å². The number of nitrogens with one attached hydrogen (secondary N) is 1. The second-order valence-corrected chi connectivity index (χ2v) is 6.15. The highest BCUT2D eigenvalue weighted by atomic mass is 19.4. The number of fused-ring (bicyclic) bond motifs is 1. The molecule has 0 spiro atoms. The molecule has 0 saturated carbocycles. The van der Waals surface area contributed by atoms with Gasteiger partial charge in [0.05, 0.1) is 16.8 Å². The lowest BCUT2D eigenvalue weighted by Crippen LogP contribution is -2.50. The van der Waals surface area contributed by atoms with Crippen molar-refractivity contribution < 1.29 is 39.9 Å². The van der Waals surface area contributed by atoms with Crippen molar-refractivity contribution in [2.24, 2.45) is 0 Å². The van der Waals surface area contributed by atoms with Gasteiger partial charge in [0, 0.05) is 17.1 Å². The number of aromatic nitrogens is 1. The van der Waals surface area contributed by atoms with Crippen LogP contribution in [-0.2, 0) is 5.67 Å². The highest BCUT2D eigenvalue weighted by Gasteiger charge is 2.74. The first-order valence-electron chi connectivity index (χ1n) is 8.14. The molecule has 0 aliphatic heterocycles. The number of nitrogens with zero attached hydrogens (tertiary/aromatic N) is 1. The summed E-state index contributed by atoms with van der Waals surface area (Å²) in [4.78, 5) is 15.9. The average Bonchev–Trinajstić information content (AvgIpc) is 2.66. The zero-order valence-corrected chi connectivity index (χ0v) is 14.6. The number of pyridine rings is 1. The highest BCUT2D eigenvalue weighted by Crippen LogP contribution is 2.54. The number of anilines is 1. The van der Waals surface area contributed by atoms with Gasteiger partial charge in [-0.1, -0.05) is 24.3 Å². The van der Waals surface area contributed by atoms with Gasteiger partial charge >= 0.3 is 18.0 Å². The van der Waals surface area contributed by atoms with Crippen molar-refractivity contribution in [3.8, 4) is 0 Å². The van der Waals surface area contributed by atoms with Crippen molar-refractivity contribution >= 4 is 22.5 Å². The molecule has 0 aliphatic carbocycles. The van der Waals surface area contributed by atoms with Crippen LogP contribution in [0.1, 0.15) is 15.9 Å². The van der Waals surface area contributed by atoms with Gasteiger partial charge in [0.1, 0.15) is 5.82 Å². The van der Waals surface area contributed by atoms with Crippen molar-refractivity contribution in [2.75, 3.05) is 5.32 Å². The second kappa shape index (κ2) is 7.22. The summed E-state index contributed by atoms with van der Waals surface area (Å²) in [5.74, 6) is -1.92. The molecule has 0 saturated heterocycles. The first kappa shape index (κ1) is 21.5. The maximum atomic E-state index is 14.6. The zero-order valence-electron chi connectivity index (χ0n) is 14.6. The molecular weight excluding hydrogens is 424 g/mol. The van der Waals surface area contributed by atoms with Gasteiger partial charge in [0.15, 0.2) is 0 Å². The van der Waals surface area contributed by atoms with Gasteiger partial charge in [-0.3, -0.25) is 9.78 Å². The monoisotopic (exact) mass is 434 g/mol. The minimum absolute atomic E-state index is 0.266. The lowest BCUT2D eigenvalue weighted by atomic mass is 9.90. The van der Waals surface area contributed by atoms with E-state index in [1.54, 1.807) is 0 Å². The van der Waals surface area contributed by atoms with Gasteiger partial charge in [0.2, 0.25) is 0 Å². The van der Waals surface area contributed by atoms with Crippen molar-refractivity contribution in [1.29, 1.82) is 0 Å². The average molecular weight is 434 g/mol. The summed E-state index contributed by atoms with van der Waals surface area (Å²) in [5, 5.41) is 1.35. The SMILES string of the molecule is O=C(Nc1ccc(C(F)(C(F)(F)F)C(F)(F)F)c2cccnc12)c1ccccc1F. The van der Waals surface area contributed by atoms with Crippen LogP contribution in [0.15, 0.2) is 54.7 Å². The number of rotatable bonds is 3. The van der Waals surface area contributed by atoms with Gasteiger partial charge < -0.3 is 5.32 Å². The number of hydrogen-bond donors (Lipinski definition) is 1. The number of hydrogen-bond acceptors (Lipinski definition) is 2. The Morgan fingerprint density at radius 1 is 0.833 bits per heavy atom. The number of amides is 1. The molecule has 1 amide bonds. The predicted molar refractivity (Wildman–Crippen MR) is 91.0 cm³/mol. The third-order valence-corrected chi connectivity index (χ3v) is 4.29. The lowest BCUT2D eigenvalue weighted by Gasteiger charge is -2.31. The van der Waals surface area contributed by atoms with Gasteiger partial charge in [-0.25, -0.2) is 8.78 Å². The van der Waals surface area contributed by atoms with E-state index in [9.17, 15) is 39.9 Å². The Kier molecular flexibility index (Phi) is 5.17.